The molecule has 2 heterocycles. The van der Waals surface area contributed by atoms with Gasteiger partial charge in [-0.15, -0.1) is 9.24 Å². The van der Waals surface area contributed by atoms with Crippen LogP contribution in [0.15, 0.2) is 35.5 Å². The maximum Gasteiger partial charge on any atom is 0.133 e. The van der Waals surface area contributed by atoms with E-state index in [-0.39, 0.29) is 0 Å². The quantitative estimate of drug-likeness (QED) is 0.170. The molecule has 0 aliphatic carbocycles. The van der Waals surface area contributed by atoms with Crippen molar-refractivity contribution >= 4 is 21.2 Å². The minimum absolute atomic E-state index is 0.456. The third-order valence-electron chi connectivity index (χ3n) is 7.14. The first kappa shape index (κ1) is 30.7. The molecule has 1 aromatic rings. The fraction of sp³-hybridized carbons (Fsp3) is 0.667. The van der Waals surface area contributed by atoms with E-state index in [0.29, 0.717) is 18.5 Å². The monoisotopic (exact) mass is 515 g/mol. The number of likely N-dealkylation sites (tertiary alicyclic amines) is 1. The Hall–Kier alpha value is -1.55. The van der Waals surface area contributed by atoms with E-state index in [1.807, 2.05) is 19.2 Å². The number of hydrogen-bond donors (Lipinski definition) is 0. The molecule has 3 rings (SSSR count). The van der Waals surface area contributed by atoms with E-state index in [9.17, 15) is 4.79 Å². The van der Waals surface area contributed by atoms with Gasteiger partial charge in [0.25, 0.3) is 0 Å². The number of unbranched alkanes of at least 4 members (excludes halogenated alkanes) is 1. The molecule has 1 aromatic carbocycles. The van der Waals surface area contributed by atoms with Crippen molar-refractivity contribution in [2.24, 2.45) is 4.99 Å². The summed E-state index contributed by atoms with van der Waals surface area (Å²) in [6.45, 7) is 11.2. The zero-order valence-corrected chi connectivity index (χ0v) is 24.4. The van der Waals surface area contributed by atoms with Crippen LogP contribution < -0.4 is 4.74 Å². The van der Waals surface area contributed by atoms with E-state index in [1.165, 1.54) is 48.9 Å². The van der Waals surface area contributed by atoms with Crippen LogP contribution in [-0.4, -0.2) is 73.8 Å². The van der Waals surface area contributed by atoms with Crippen LogP contribution in [0, 0.1) is 0 Å². The Labute approximate surface area is 223 Å². The van der Waals surface area contributed by atoms with Crippen molar-refractivity contribution in [3.63, 3.8) is 0 Å². The number of carbonyl (C=O) groups excluding carboxylic acids is 1. The number of aldehydes is 1. The first-order valence-corrected chi connectivity index (χ1v) is 14.9. The highest BCUT2D eigenvalue weighted by Gasteiger charge is 2.33. The zero-order valence-electron chi connectivity index (χ0n) is 23.3. The van der Waals surface area contributed by atoms with Crippen LogP contribution in [0.4, 0.5) is 0 Å². The standard InChI is InChI=1S/C23H32N2O2.C7H18NP/c1-3-5-21(24-11-4-2)7-8-22-16-20(17-25(22)12-13-26)18-6-9-23-19(15-18)10-14-27-23;1-3-4-5-8(2)6-7-9/h4,6,9,11,13,15,20,22H,3,5,7-8,10,12,14,16-17H2,1-2H3;3-7,9H2,1-2H3/b11-4-,24-21?;. The van der Waals surface area contributed by atoms with Crippen molar-refractivity contribution in [1.82, 2.24) is 9.80 Å². The highest BCUT2D eigenvalue weighted by atomic mass is 31.0. The van der Waals surface area contributed by atoms with Crippen LogP contribution in [-0.2, 0) is 11.2 Å². The Morgan fingerprint density at radius 1 is 1.25 bits per heavy atom. The summed E-state index contributed by atoms with van der Waals surface area (Å²) in [5, 5.41) is 0. The van der Waals surface area contributed by atoms with Gasteiger partial charge in [-0.2, -0.15) is 0 Å². The molecule has 0 amide bonds. The molecular weight excluding hydrogens is 465 g/mol. The molecule has 6 heteroatoms. The second kappa shape index (κ2) is 17.8. The number of hydrogen-bond acceptors (Lipinski definition) is 5. The highest BCUT2D eigenvalue weighted by molar-refractivity contribution is 7.16. The van der Waals surface area contributed by atoms with Crippen molar-refractivity contribution in [3.8, 4) is 5.75 Å². The molecular formula is C30H50N3O2P. The highest BCUT2D eigenvalue weighted by Crippen LogP contribution is 2.36. The number of aliphatic imine (C=N–C) groups is 1. The van der Waals surface area contributed by atoms with Gasteiger partial charge < -0.3 is 14.4 Å². The minimum atomic E-state index is 0.456. The van der Waals surface area contributed by atoms with Crippen LogP contribution in [0.3, 0.4) is 0 Å². The lowest BCUT2D eigenvalue weighted by atomic mass is 9.92. The summed E-state index contributed by atoms with van der Waals surface area (Å²) in [4.78, 5) is 20.5. The molecule has 0 saturated carbocycles. The molecule has 2 aliphatic rings. The van der Waals surface area contributed by atoms with Crippen molar-refractivity contribution in [2.75, 3.05) is 46.0 Å². The SMILES string of the molecule is C/C=C\N=C(CCC)CCC1CC(c2ccc3c(c2)CCO3)CN1CC=O.CCCCN(C)CCP. The first-order valence-electron chi connectivity index (χ1n) is 14.0. The molecule has 3 unspecified atom stereocenters. The Bertz CT molecular complexity index is 826. The average molecular weight is 516 g/mol. The van der Waals surface area contributed by atoms with Crippen LogP contribution in [0.25, 0.3) is 0 Å². The molecule has 1 fully saturated rings. The van der Waals surface area contributed by atoms with E-state index in [4.69, 9.17) is 4.74 Å². The van der Waals surface area contributed by atoms with Gasteiger partial charge in [0.2, 0.25) is 0 Å². The Balaban J connectivity index is 0.000000434. The molecule has 0 aromatic heterocycles. The van der Waals surface area contributed by atoms with Gasteiger partial charge in [0, 0.05) is 37.5 Å². The van der Waals surface area contributed by atoms with Gasteiger partial charge in [-0.1, -0.05) is 44.9 Å². The van der Waals surface area contributed by atoms with Gasteiger partial charge >= 0.3 is 0 Å². The van der Waals surface area contributed by atoms with E-state index in [2.05, 4.69) is 63.1 Å². The number of fused-ring (bicyclic) bond motifs is 1. The topological polar surface area (TPSA) is 45.1 Å². The number of benzene rings is 1. The van der Waals surface area contributed by atoms with Crippen molar-refractivity contribution < 1.29 is 9.53 Å². The molecule has 0 spiro atoms. The third kappa shape index (κ3) is 10.4. The molecule has 1 saturated heterocycles. The predicted octanol–water partition coefficient (Wildman–Crippen LogP) is 6.13. The van der Waals surface area contributed by atoms with Gasteiger partial charge in [0.05, 0.1) is 13.2 Å². The first-order chi connectivity index (χ1) is 17.6. The Kier molecular flexibility index (Phi) is 15.2. The number of rotatable bonds is 14. The summed E-state index contributed by atoms with van der Waals surface area (Å²) in [7, 11) is 4.93. The van der Waals surface area contributed by atoms with Crippen LogP contribution in [0.2, 0.25) is 0 Å². The maximum atomic E-state index is 11.2. The molecule has 0 radical (unpaired) electrons. The van der Waals surface area contributed by atoms with Gasteiger partial charge in [-0.05, 0) is 81.9 Å². The molecule has 5 nitrogen and oxygen atoms in total. The number of allylic oxidation sites excluding steroid dienone is 1. The summed E-state index contributed by atoms with van der Waals surface area (Å²) in [6.07, 6.45) is 15.2. The predicted molar refractivity (Wildman–Crippen MR) is 158 cm³/mol. The minimum Gasteiger partial charge on any atom is -0.493 e. The number of carbonyl (C=O) groups is 1. The number of nitrogens with zero attached hydrogens (tertiary/aromatic N) is 3. The lowest BCUT2D eigenvalue weighted by Crippen LogP contribution is -2.31. The molecule has 3 atom stereocenters. The maximum absolute atomic E-state index is 11.2. The van der Waals surface area contributed by atoms with E-state index >= 15 is 0 Å². The zero-order chi connectivity index (χ0) is 26.2. The van der Waals surface area contributed by atoms with Crippen LogP contribution in [0.1, 0.15) is 82.8 Å². The summed E-state index contributed by atoms with van der Waals surface area (Å²) in [5.41, 5.74) is 4.01. The summed E-state index contributed by atoms with van der Waals surface area (Å²) >= 11 is 0. The summed E-state index contributed by atoms with van der Waals surface area (Å²) in [5.74, 6) is 1.55. The van der Waals surface area contributed by atoms with Crippen LogP contribution >= 0.6 is 9.24 Å². The largest absolute Gasteiger partial charge is 0.493 e. The fourth-order valence-electron chi connectivity index (χ4n) is 5.12. The van der Waals surface area contributed by atoms with E-state index in [0.717, 1.165) is 63.7 Å². The fourth-order valence-corrected chi connectivity index (χ4v) is 5.56. The lowest BCUT2D eigenvalue weighted by Gasteiger charge is -2.22. The summed E-state index contributed by atoms with van der Waals surface area (Å²) in [6, 6.07) is 7.12. The Morgan fingerprint density at radius 2 is 2.08 bits per heavy atom. The van der Waals surface area contributed by atoms with Gasteiger partial charge in [-0.25, -0.2) is 0 Å². The average Bonchev–Trinajstić information content (AvgIpc) is 3.52. The van der Waals surface area contributed by atoms with E-state index < -0.39 is 0 Å². The van der Waals surface area contributed by atoms with E-state index in [1.54, 1.807) is 0 Å². The molecule has 0 bridgehead atoms. The molecule has 36 heavy (non-hydrogen) atoms. The summed E-state index contributed by atoms with van der Waals surface area (Å²) < 4.78 is 5.64. The van der Waals surface area contributed by atoms with Gasteiger partial charge in [0.1, 0.15) is 12.0 Å². The third-order valence-corrected chi connectivity index (χ3v) is 7.40. The molecule has 202 valence electrons. The van der Waals surface area contributed by atoms with Crippen LogP contribution in [0.5, 0.6) is 5.75 Å². The second-order valence-electron chi connectivity index (χ2n) is 10.1. The van der Waals surface area contributed by atoms with Gasteiger partial charge in [-0.3, -0.25) is 9.89 Å². The number of ether oxygens (including phenoxy) is 1. The normalized spacial score (nSPS) is 19.9. The lowest BCUT2D eigenvalue weighted by molar-refractivity contribution is -0.109. The smallest absolute Gasteiger partial charge is 0.133 e. The van der Waals surface area contributed by atoms with Crippen molar-refractivity contribution in [2.45, 2.75) is 84.1 Å². The van der Waals surface area contributed by atoms with Crippen molar-refractivity contribution in [1.29, 1.82) is 0 Å². The Morgan fingerprint density at radius 3 is 2.78 bits per heavy atom. The van der Waals surface area contributed by atoms with Gasteiger partial charge in [0.15, 0.2) is 0 Å². The second-order valence-corrected chi connectivity index (χ2v) is 10.7. The molecule has 2 aliphatic heterocycles. The molecule has 0 N–H and O–H groups in total. The van der Waals surface area contributed by atoms with Crippen molar-refractivity contribution in [3.05, 3.63) is 41.6 Å².